The molecule has 1 saturated heterocycles. The fourth-order valence-corrected chi connectivity index (χ4v) is 6.62. The number of aliphatic hydroxyl groups is 1. The summed E-state index contributed by atoms with van der Waals surface area (Å²) in [6, 6.07) is 1.35. The summed E-state index contributed by atoms with van der Waals surface area (Å²) in [5.41, 5.74) is 0. The van der Waals surface area contributed by atoms with E-state index < -0.39 is 6.10 Å². The summed E-state index contributed by atoms with van der Waals surface area (Å²) in [5, 5.41) is 17.7. The third-order valence-electron chi connectivity index (χ3n) is 8.08. The second-order valence-electron chi connectivity index (χ2n) is 10.0. The quantitative estimate of drug-likeness (QED) is 0.468. The summed E-state index contributed by atoms with van der Waals surface area (Å²) in [7, 11) is 1.78. The molecule has 3 aliphatic carbocycles. The highest BCUT2D eigenvalue weighted by atomic mass is 16.5. The molecule has 4 aliphatic rings. The molecule has 4 fully saturated rings. The van der Waals surface area contributed by atoms with Crippen molar-refractivity contribution < 1.29 is 19.3 Å². The Morgan fingerprint density at radius 2 is 1.60 bits per heavy atom. The number of ether oxygens (including phenoxy) is 3. The van der Waals surface area contributed by atoms with E-state index in [0.29, 0.717) is 43.9 Å². The molecule has 0 bridgehead atoms. The smallest absolute Gasteiger partial charge is 0.0897 e. The number of hydrogen-bond donors (Lipinski definition) is 3. The summed E-state index contributed by atoms with van der Waals surface area (Å²) in [5.74, 6) is 1.44. The summed E-state index contributed by atoms with van der Waals surface area (Å²) < 4.78 is 17.9. The molecule has 6 nitrogen and oxygen atoms in total. The van der Waals surface area contributed by atoms with Crippen LogP contribution in [0.1, 0.15) is 70.6 Å². The highest BCUT2D eigenvalue weighted by molar-refractivity contribution is 5.03. The van der Waals surface area contributed by atoms with Gasteiger partial charge in [0.25, 0.3) is 0 Å². The molecule has 1 heterocycles. The average molecular weight is 425 g/mol. The van der Waals surface area contributed by atoms with E-state index in [2.05, 4.69) is 10.6 Å². The molecule has 0 aromatic rings. The van der Waals surface area contributed by atoms with Gasteiger partial charge < -0.3 is 30.0 Å². The van der Waals surface area contributed by atoms with Crippen molar-refractivity contribution in [2.24, 2.45) is 11.8 Å². The van der Waals surface area contributed by atoms with Crippen LogP contribution in [0.4, 0.5) is 0 Å². The van der Waals surface area contributed by atoms with Crippen LogP contribution in [0.25, 0.3) is 0 Å². The number of fused-ring (bicyclic) bond motifs is 3. The first-order valence-electron chi connectivity index (χ1n) is 12.7. The Balaban J connectivity index is 1.11. The number of aliphatic hydroxyl groups excluding tert-OH is 1. The summed E-state index contributed by atoms with van der Waals surface area (Å²) >= 11 is 0. The molecular formula is C24H44N2O4. The Labute approximate surface area is 182 Å². The zero-order valence-corrected chi connectivity index (χ0v) is 18.9. The van der Waals surface area contributed by atoms with E-state index in [1.165, 1.54) is 51.4 Å². The van der Waals surface area contributed by atoms with Gasteiger partial charge in [0.2, 0.25) is 0 Å². The van der Waals surface area contributed by atoms with Crippen LogP contribution in [0.2, 0.25) is 0 Å². The lowest BCUT2D eigenvalue weighted by Gasteiger charge is -2.38. The van der Waals surface area contributed by atoms with Crippen LogP contribution in [0, 0.1) is 11.8 Å². The van der Waals surface area contributed by atoms with E-state index in [0.717, 1.165) is 31.7 Å². The van der Waals surface area contributed by atoms with Crippen molar-refractivity contribution in [3.05, 3.63) is 0 Å². The normalized spacial score (nSPS) is 40.0. The van der Waals surface area contributed by atoms with Crippen LogP contribution in [0.3, 0.4) is 0 Å². The molecule has 30 heavy (non-hydrogen) atoms. The number of methoxy groups -OCH3 is 1. The first-order chi connectivity index (χ1) is 14.8. The van der Waals surface area contributed by atoms with E-state index in [1.54, 1.807) is 7.11 Å². The van der Waals surface area contributed by atoms with Crippen LogP contribution < -0.4 is 10.6 Å². The molecule has 8 atom stereocenters. The lowest BCUT2D eigenvalue weighted by molar-refractivity contribution is -0.0767. The monoisotopic (exact) mass is 424 g/mol. The predicted molar refractivity (Wildman–Crippen MR) is 118 cm³/mol. The van der Waals surface area contributed by atoms with Gasteiger partial charge in [-0.05, 0) is 50.9 Å². The fourth-order valence-electron chi connectivity index (χ4n) is 6.62. The fraction of sp³-hybridized carbons (Fsp3) is 1.00. The zero-order chi connectivity index (χ0) is 20.8. The predicted octanol–water partition coefficient (Wildman–Crippen LogP) is 2.63. The highest BCUT2D eigenvalue weighted by Gasteiger charge is 2.48. The Morgan fingerprint density at radius 1 is 0.867 bits per heavy atom. The van der Waals surface area contributed by atoms with E-state index in [4.69, 9.17) is 14.2 Å². The lowest BCUT2D eigenvalue weighted by Crippen LogP contribution is -2.43. The zero-order valence-electron chi connectivity index (χ0n) is 18.9. The maximum absolute atomic E-state index is 10.4. The average Bonchev–Trinajstić information content (AvgIpc) is 3.17. The van der Waals surface area contributed by atoms with Crippen LogP contribution >= 0.6 is 0 Å². The van der Waals surface area contributed by atoms with Crippen molar-refractivity contribution in [3.63, 3.8) is 0 Å². The first-order valence-corrected chi connectivity index (χ1v) is 12.7. The van der Waals surface area contributed by atoms with Crippen molar-refractivity contribution in [1.82, 2.24) is 10.6 Å². The molecule has 0 aromatic carbocycles. The van der Waals surface area contributed by atoms with Crippen LogP contribution in [-0.4, -0.2) is 75.0 Å². The Morgan fingerprint density at radius 3 is 2.47 bits per heavy atom. The molecule has 174 valence electrons. The van der Waals surface area contributed by atoms with Gasteiger partial charge in [-0.2, -0.15) is 0 Å². The summed E-state index contributed by atoms with van der Waals surface area (Å²) in [6.45, 7) is 2.42. The van der Waals surface area contributed by atoms with Crippen molar-refractivity contribution in [2.75, 3.05) is 33.4 Å². The highest BCUT2D eigenvalue weighted by Crippen LogP contribution is 2.44. The minimum absolute atomic E-state index is 0.224. The van der Waals surface area contributed by atoms with Crippen LogP contribution in [0.5, 0.6) is 0 Å². The Hall–Kier alpha value is -0.240. The van der Waals surface area contributed by atoms with Crippen molar-refractivity contribution in [2.45, 2.75) is 107 Å². The van der Waals surface area contributed by atoms with E-state index in [-0.39, 0.29) is 12.2 Å². The molecule has 6 heteroatoms. The van der Waals surface area contributed by atoms with E-state index in [1.807, 2.05) is 0 Å². The molecule has 3 saturated carbocycles. The van der Waals surface area contributed by atoms with Gasteiger partial charge in [-0.3, -0.25) is 0 Å². The molecule has 0 radical (unpaired) electrons. The third kappa shape index (κ3) is 5.76. The summed E-state index contributed by atoms with van der Waals surface area (Å²) in [6.07, 6.45) is 14.1. The number of rotatable bonds is 10. The first kappa shape index (κ1) is 22.9. The minimum Gasteiger partial charge on any atom is -0.389 e. The standard InChI is InChI=1S/C24H44N2O4/c1-28-21-10-4-5-11-22(21)29-14-13-25-15-17(27)16-30-23-12-6-9-20-24(23)18-7-2-3-8-19(18)26-20/h17-27H,2-16H2,1H3. The Kier molecular flexibility index (Phi) is 8.85. The van der Waals surface area contributed by atoms with Gasteiger partial charge in [-0.25, -0.2) is 0 Å². The molecule has 0 amide bonds. The van der Waals surface area contributed by atoms with Gasteiger partial charge in [0.15, 0.2) is 0 Å². The molecule has 0 aromatic heterocycles. The minimum atomic E-state index is -0.455. The van der Waals surface area contributed by atoms with E-state index in [9.17, 15) is 5.11 Å². The van der Waals surface area contributed by atoms with Crippen LogP contribution in [0.15, 0.2) is 0 Å². The van der Waals surface area contributed by atoms with Gasteiger partial charge in [0, 0.05) is 38.2 Å². The lowest BCUT2D eigenvalue weighted by atomic mass is 9.72. The molecule has 4 rings (SSSR count). The van der Waals surface area contributed by atoms with Crippen molar-refractivity contribution in [1.29, 1.82) is 0 Å². The molecule has 1 aliphatic heterocycles. The Bertz CT molecular complexity index is 508. The largest absolute Gasteiger partial charge is 0.389 e. The van der Waals surface area contributed by atoms with Gasteiger partial charge in [-0.1, -0.05) is 25.7 Å². The second kappa shape index (κ2) is 11.6. The number of hydrogen-bond acceptors (Lipinski definition) is 6. The van der Waals surface area contributed by atoms with Crippen LogP contribution in [-0.2, 0) is 14.2 Å². The third-order valence-corrected chi connectivity index (χ3v) is 8.08. The molecule has 0 spiro atoms. The van der Waals surface area contributed by atoms with Gasteiger partial charge in [-0.15, -0.1) is 0 Å². The SMILES string of the molecule is COC1CCCCC1OCCNCC(O)COC1CCCC2NC3CCCCC3C21. The number of nitrogens with one attached hydrogen (secondary N) is 2. The van der Waals surface area contributed by atoms with Crippen molar-refractivity contribution in [3.8, 4) is 0 Å². The second-order valence-corrected chi connectivity index (χ2v) is 10.0. The van der Waals surface area contributed by atoms with Crippen molar-refractivity contribution >= 4 is 0 Å². The topological polar surface area (TPSA) is 72.0 Å². The maximum atomic E-state index is 10.4. The summed E-state index contributed by atoms with van der Waals surface area (Å²) in [4.78, 5) is 0. The van der Waals surface area contributed by atoms with Gasteiger partial charge in [0.1, 0.15) is 0 Å². The van der Waals surface area contributed by atoms with Gasteiger partial charge in [0.05, 0.1) is 37.6 Å². The molecule has 8 unspecified atom stereocenters. The molecule has 3 N–H and O–H groups in total. The van der Waals surface area contributed by atoms with E-state index >= 15 is 0 Å². The molecular weight excluding hydrogens is 380 g/mol. The maximum Gasteiger partial charge on any atom is 0.0897 e. The van der Waals surface area contributed by atoms with Gasteiger partial charge >= 0.3 is 0 Å².